The predicted molar refractivity (Wildman–Crippen MR) is 102 cm³/mol. The smallest absolute Gasteiger partial charge is 0.306 e. The fraction of sp³-hybridized carbons (Fsp3) is 0.286. The molecule has 1 aromatic heterocycles. The Morgan fingerprint density at radius 2 is 1.80 bits per heavy atom. The average Bonchev–Trinajstić information content (AvgIpc) is 3.17. The largest absolute Gasteiger partial charge is 0.481 e. The van der Waals surface area contributed by atoms with Crippen LogP contribution in [0.3, 0.4) is 0 Å². The quantitative estimate of drug-likeness (QED) is 0.735. The van der Waals surface area contributed by atoms with Crippen molar-refractivity contribution in [3.8, 4) is 0 Å². The lowest BCUT2D eigenvalue weighted by Gasteiger charge is -2.36. The summed E-state index contributed by atoms with van der Waals surface area (Å²) < 4.78 is 0. The molecular formula is C21H21NO2S. The highest BCUT2D eigenvalue weighted by atomic mass is 32.1. The van der Waals surface area contributed by atoms with Crippen LogP contribution in [0.5, 0.6) is 0 Å². The van der Waals surface area contributed by atoms with E-state index in [9.17, 15) is 9.90 Å². The van der Waals surface area contributed by atoms with E-state index in [-0.39, 0.29) is 12.0 Å². The van der Waals surface area contributed by atoms with Crippen LogP contribution >= 0.6 is 11.3 Å². The molecule has 1 atom stereocenters. The Labute approximate surface area is 151 Å². The minimum atomic E-state index is -0.655. The summed E-state index contributed by atoms with van der Waals surface area (Å²) in [7, 11) is 0. The number of fused-ring (bicyclic) bond motifs is 1. The lowest BCUT2D eigenvalue weighted by Crippen LogP contribution is -2.39. The Hall–Kier alpha value is -2.17. The molecule has 2 aromatic carbocycles. The molecule has 4 heteroatoms. The third kappa shape index (κ3) is 3.20. The molecule has 1 aliphatic heterocycles. The van der Waals surface area contributed by atoms with E-state index in [0.29, 0.717) is 0 Å². The van der Waals surface area contributed by atoms with Crippen molar-refractivity contribution in [3.63, 3.8) is 0 Å². The summed E-state index contributed by atoms with van der Waals surface area (Å²) in [5.74, 6) is -0.856. The molecule has 2 heterocycles. The molecule has 0 radical (unpaired) electrons. The first-order valence-electron chi connectivity index (χ1n) is 8.72. The van der Waals surface area contributed by atoms with E-state index in [1.54, 1.807) is 11.3 Å². The van der Waals surface area contributed by atoms with Crippen molar-refractivity contribution in [2.75, 3.05) is 13.1 Å². The Morgan fingerprint density at radius 1 is 1.04 bits per heavy atom. The second-order valence-electron chi connectivity index (χ2n) is 6.63. The van der Waals surface area contributed by atoms with Gasteiger partial charge < -0.3 is 5.11 Å². The maximum Gasteiger partial charge on any atom is 0.306 e. The van der Waals surface area contributed by atoms with Crippen molar-refractivity contribution >= 4 is 28.1 Å². The minimum absolute atomic E-state index is 0.195. The Bertz CT molecular complexity index is 861. The molecule has 0 aliphatic carbocycles. The van der Waals surface area contributed by atoms with Crippen LogP contribution in [0.1, 0.15) is 29.3 Å². The Balaban J connectivity index is 1.74. The summed E-state index contributed by atoms with van der Waals surface area (Å²) in [6.45, 7) is 1.64. The second kappa shape index (κ2) is 6.98. The van der Waals surface area contributed by atoms with Crippen molar-refractivity contribution in [1.82, 2.24) is 4.90 Å². The van der Waals surface area contributed by atoms with Gasteiger partial charge in [0.15, 0.2) is 0 Å². The lowest BCUT2D eigenvalue weighted by molar-refractivity contribution is -0.143. The van der Waals surface area contributed by atoms with Gasteiger partial charge in [-0.1, -0.05) is 48.5 Å². The Kier molecular flexibility index (Phi) is 4.55. The van der Waals surface area contributed by atoms with Crippen LogP contribution < -0.4 is 0 Å². The number of carboxylic acid groups (broad SMARTS) is 1. The standard InChI is InChI=1S/C21H21NO2S/c23-21(24)16-10-12-22(13-11-16)20(19-9-4-14-25-19)18-8-3-6-15-5-1-2-7-17(15)18/h1-9,14,16,20H,10-13H2,(H,23,24). The molecule has 3 aromatic rings. The van der Waals surface area contributed by atoms with Crippen LogP contribution in [0.15, 0.2) is 60.0 Å². The maximum absolute atomic E-state index is 11.3. The highest BCUT2D eigenvalue weighted by molar-refractivity contribution is 7.10. The number of hydrogen-bond acceptors (Lipinski definition) is 3. The van der Waals surface area contributed by atoms with Crippen molar-refractivity contribution in [2.24, 2.45) is 5.92 Å². The van der Waals surface area contributed by atoms with Gasteiger partial charge in [-0.15, -0.1) is 11.3 Å². The van der Waals surface area contributed by atoms with Crippen LogP contribution in [0.4, 0.5) is 0 Å². The Morgan fingerprint density at radius 3 is 2.52 bits per heavy atom. The summed E-state index contributed by atoms with van der Waals surface area (Å²) in [5, 5.41) is 13.9. The highest BCUT2D eigenvalue weighted by Crippen LogP contribution is 2.37. The predicted octanol–water partition coefficient (Wildman–Crippen LogP) is 4.79. The van der Waals surface area contributed by atoms with E-state index in [4.69, 9.17) is 0 Å². The van der Waals surface area contributed by atoms with Crippen LogP contribution in [-0.2, 0) is 4.79 Å². The number of rotatable bonds is 4. The lowest BCUT2D eigenvalue weighted by atomic mass is 9.92. The fourth-order valence-electron chi connectivity index (χ4n) is 3.87. The molecule has 25 heavy (non-hydrogen) atoms. The number of nitrogens with zero attached hydrogens (tertiary/aromatic N) is 1. The number of carboxylic acids is 1. The number of benzene rings is 2. The number of carbonyl (C=O) groups is 1. The molecule has 0 saturated carbocycles. The van der Waals surface area contributed by atoms with Gasteiger partial charge in [0.1, 0.15) is 0 Å². The summed E-state index contributed by atoms with van der Waals surface area (Å²) in [4.78, 5) is 15.1. The van der Waals surface area contributed by atoms with Crippen molar-refractivity contribution in [1.29, 1.82) is 0 Å². The minimum Gasteiger partial charge on any atom is -0.481 e. The zero-order valence-corrected chi connectivity index (χ0v) is 14.8. The molecule has 0 bridgehead atoms. The van der Waals surface area contributed by atoms with Gasteiger partial charge in [0, 0.05) is 4.88 Å². The summed E-state index contributed by atoms with van der Waals surface area (Å²) >= 11 is 1.78. The fourth-order valence-corrected chi connectivity index (χ4v) is 4.75. The summed E-state index contributed by atoms with van der Waals surface area (Å²) in [5.41, 5.74) is 1.31. The van der Waals surface area contributed by atoms with Gasteiger partial charge in [-0.05, 0) is 53.7 Å². The molecule has 0 amide bonds. The van der Waals surface area contributed by atoms with E-state index >= 15 is 0 Å². The normalized spacial score (nSPS) is 17.6. The van der Waals surface area contributed by atoms with E-state index in [2.05, 4.69) is 64.9 Å². The third-order valence-electron chi connectivity index (χ3n) is 5.17. The molecule has 1 saturated heterocycles. The van der Waals surface area contributed by atoms with Crippen molar-refractivity contribution < 1.29 is 9.90 Å². The molecule has 1 aliphatic rings. The van der Waals surface area contributed by atoms with E-state index in [0.717, 1.165) is 25.9 Å². The van der Waals surface area contributed by atoms with Crippen molar-refractivity contribution in [3.05, 3.63) is 70.4 Å². The van der Waals surface area contributed by atoms with E-state index in [1.165, 1.54) is 21.2 Å². The van der Waals surface area contributed by atoms with Gasteiger partial charge in [0.05, 0.1) is 12.0 Å². The van der Waals surface area contributed by atoms with E-state index in [1.807, 2.05) is 0 Å². The first-order chi connectivity index (χ1) is 12.2. The topological polar surface area (TPSA) is 40.5 Å². The van der Waals surface area contributed by atoms with Crippen LogP contribution in [0.25, 0.3) is 10.8 Å². The first kappa shape index (κ1) is 16.3. The van der Waals surface area contributed by atoms with Gasteiger partial charge in [-0.2, -0.15) is 0 Å². The van der Waals surface area contributed by atoms with Gasteiger partial charge >= 0.3 is 5.97 Å². The molecule has 3 nitrogen and oxygen atoms in total. The molecule has 1 N–H and O–H groups in total. The number of piperidine rings is 1. The molecule has 1 fully saturated rings. The number of hydrogen-bond donors (Lipinski definition) is 1. The molecule has 4 rings (SSSR count). The van der Waals surface area contributed by atoms with Gasteiger partial charge in [-0.3, -0.25) is 9.69 Å². The first-order valence-corrected chi connectivity index (χ1v) is 9.60. The summed E-state index contributed by atoms with van der Waals surface area (Å²) in [6.07, 6.45) is 1.45. The molecule has 0 spiro atoms. The highest BCUT2D eigenvalue weighted by Gasteiger charge is 2.31. The zero-order valence-electron chi connectivity index (χ0n) is 14.0. The number of likely N-dealkylation sites (tertiary alicyclic amines) is 1. The average molecular weight is 351 g/mol. The number of aliphatic carboxylic acids is 1. The molecule has 1 unspecified atom stereocenters. The van der Waals surface area contributed by atoms with Crippen LogP contribution in [0.2, 0.25) is 0 Å². The monoisotopic (exact) mass is 351 g/mol. The number of thiophene rings is 1. The van der Waals surface area contributed by atoms with Gasteiger partial charge in [0.2, 0.25) is 0 Å². The molecular weight excluding hydrogens is 330 g/mol. The van der Waals surface area contributed by atoms with Crippen molar-refractivity contribution in [2.45, 2.75) is 18.9 Å². The summed E-state index contributed by atoms with van der Waals surface area (Å²) in [6, 6.07) is 19.5. The SMILES string of the molecule is O=C(O)C1CCN(C(c2cccs2)c2cccc3ccccc23)CC1. The molecule has 128 valence electrons. The third-order valence-corrected chi connectivity index (χ3v) is 6.10. The van der Waals surface area contributed by atoms with Gasteiger partial charge in [0.25, 0.3) is 0 Å². The maximum atomic E-state index is 11.3. The van der Waals surface area contributed by atoms with Gasteiger partial charge in [-0.25, -0.2) is 0 Å². The van der Waals surface area contributed by atoms with E-state index < -0.39 is 5.97 Å². The van der Waals surface area contributed by atoms with Crippen LogP contribution in [-0.4, -0.2) is 29.1 Å². The second-order valence-corrected chi connectivity index (χ2v) is 7.61. The zero-order chi connectivity index (χ0) is 17.2. The van der Waals surface area contributed by atoms with Crippen LogP contribution in [0, 0.1) is 5.92 Å².